The van der Waals surface area contributed by atoms with Crippen LogP contribution in [0, 0.1) is 5.92 Å². The molecule has 1 unspecified atom stereocenters. The second-order valence-electron chi connectivity index (χ2n) is 5.87. The van der Waals surface area contributed by atoms with Crippen LogP contribution in [0.25, 0.3) is 0 Å². The van der Waals surface area contributed by atoms with E-state index < -0.39 is 0 Å². The third-order valence-electron chi connectivity index (χ3n) is 3.10. The summed E-state index contributed by atoms with van der Waals surface area (Å²) in [6.07, 6.45) is 1.92. The molecule has 0 saturated carbocycles. The summed E-state index contributed by atoms with van der Waals surface area (Å²) in [5.41, 5.74) is 7.00. The molecule has 1 atom stereocenters. The van der Waals surface area contributed by atoms with Gasteiger partial charge in [0.1, 0.15) is 5.75 Å². The van der Waals surface area contributed by atoms with E-state index in [1.807, 2.05) is 18.2 Å². The smallest absolute Gasteiger partial charge is 0.122 e. The van der Waals surface area contributed by atoms with Crippen molar-refractivity contribution in [3.63, 3.8) is 0 Å². The number of hydrogen-bond acceptors (Lipinski definition) is 3. The van der Waals surface area contributed by atoms with Crippen LogP contribution in [0.3, 0.4) is 0 Å². The molecule has 108 valence electrons. The normalized spacial score (nSPS) is 13.3. The molecule has 1 aromatic rings. The lowest BCUT2D eigenvalue weighted by atomic mass is 9.96. The van der Waals surface area contributed by atoms with Crippen molar-refractivity contribution >= 4 is 0 Å². The second-order valence-corrected chi connectivity index (χ2v) is 5.87. The summed E-state index contributed by atoms with van der Waals surface area (Å²) < 4.78 is 11.1. The molecule has 0 heterocycles. The second kappa shape index (κ2) is 7.51. The van der Waals surface area contributed by atoms with Crippen LogP contribution in [0.15, 0.2) is 24.3 Å². The van der Waals surface area contributed by atoms with Gasteiger partial charge in [-0.15, -0.1) is 0 Å². The Kier molecular flexibility index (Phi) is 6.32. The van der Waals surface area contributed by atoms with Crippen molar-refractivity contribution in [3.05, 3.63) is 29.8 Å². The summed E-state index contributed by atoms with van der Waals surface area (Å²) in [7, 11) is 1.71. The van der Waals surface area contributed by atoms with Crippen molar-refractivity contribution in [2.24, 2.45) is 11.7 Å². The zero-order valence-electron chi connectivity index (χ0n) is 12.6. The fourth-order valence-electron chi connectivity index (χ4n) is 2.02. The Morgan fingerprint density at radius 3 is 2.47 bits per heavy atom. The number of para-hydroxylation sites is 1. The van der Waals surface area contributed by atoms with Gasteiger partial charge >= 0.3 is 0 Å². The minimum absolute atomic E-state index is 0.0798. The van der Waals surface area contributed by atoms with Gasteiger partial charge in [-0.2, -0.15) is 0 Å². The van der Waals surface area contributed by atoms with Gasteiger partial charge in [-0.25, -0.2) is 0 Å². The molecule has 0 radical (unpaired) electrons. The van der Waals surface area contributed by atoms with Crippen LogP contribution in [-0.4, -0.2) is 25.9 Å². The molecule has 3 heteroatoms. The number of rotatable bonds is 7. The van der Waals surface area contributed by atoms with Crippen molar-refractivity contribution in [2.45, 2.75) is 39.2 Å². The third kappa shape index (κ3) is 6.08. The molecule has 2 N–H and O–H groups in total. The van der Waals surface area contributed by atoms with Crippen molar-refractivity contribution in [3.8, 4) is 5.75 Å². The van der Waals surface area contributed by atoms with Crippen molar-refractivity contribution in [1.82, 2.24) is 0 Å². The average molecular weight is 265 g/mol. The maximum atomic E-state index is 5.87. The molecule has 1 aromatic carbocycles. The Bertz CT molecular complexity index is 371. The van der Waals surface area contributed by atoms with Gasteiger partial charge in [0.15, 0.2) is 0 Å². The van der Waals surface area contributed by atoms with E-state index in [0.717, 1.165) is 25.2 Å². The molecule has 0 saturated heterocycles. The molecule has 3 nitrogen and oxygen atoms in total. The molecule has 0 aliphatic carbocycles. The zero-order valence-corrected chi connectivity index (χ0v) is 12.6. The lowest BCUT2D eigenvalue weighted by Crippen LogP contribution is -2.24. The van der Waals surface area contributed by atoms with Crippen molar-refractivity contribution < 1.29 is 9.47 Å². The van der Waals surface area contributed by atoms with Crippen LogP contribution in [0.1, 0.15) is 32.8 Å². The maximum Gasteiger partial charge on any atom is 0.122 e. The standard InChI is InChI=1S/C16H27NO2/c1-16(2,3)19-10-9-13(12-17)11-14-7-5-6-8-15(14)18-4/h5-8,13H,9-12,17H2,1-4H3. The quantitative estimate of drug-likeness (QED) is 0.824. The van der Waals surface area contributed by atoms with Gasteiger partial charge < -0.3 is 15.2 Å². The predicted molar refractivity (Wildman–Crippen MR) is 79.6 cm³/mol. The first-order chi connectivity index (χ1) is 8.96. The minimum Gasteiger partial charge on any atom is -0.496 e. The molecule has 0 bridgehead atoms. The van der Waals surface area contributed by atoms with E-state index in [2.05, 4.69) is 26.8 Å². The number of hydrogen-bond donors (Lipinski definition) is 1. The van der Waals surface area contributed by atoms with Gasteiger partial charge in [0, 0.05) is 6.61 Å². The molecule has 0 spiro atoms. The Balaban J connectivity index is 2.52. The fraction of sp³-hybridized carbons (Fsp3) is 0.625. The summed E-state index contributed by atoms with van der Waals surface area (Å²) in [5.74, 6) is 1.37. The van der Waals surface area contributed by atoms with E-state index >= 15 is 0 Å². The van der Waals surface area contributed by atoms with Crippen LogP contribution in [0.2, 0.25) is 0 Å². The number of nitrogens with two attached hydrogens (primary N) is 1. The molecular weight excluding hydrogens is 238 g/mol. The first-order valence-electron chi connectivity index (χ1n) is 6.92. The summed E-state index contributed by atoms with van der Waals surface area (Å²) in [6, 6.07) is 8.13. The highest BCUT2D eigenvalue weighted by Gasteiger charge is 2.14. The van der Waals surface area contributed by atoms with Crippen LogP contribution in [0.4, 0.5) is 0 Å². The van der Waals surface area contributed by atoms with Gasteiger partial charge in [0.05, 0.1) is 12.7 Å². The van der Waals surface area contributed by atoms with Crippen LogP contribution >= 0.6 is 0 Å². The fourth-order valence-corrected chi connectivity index (χ4v) is 2.02. The first-order valence-corrected chi connectivity index (χ1v) is 6.92. The van der Waals surface area contributed by atoms with Crippen LogP contribution in [-0.2, 0) is 11.2 Å². The minimum atomic E-state index is -0.0798. The largest absolute Gasteiger partial charge is 0.496 e. The molecule has 0 amide bonds. The molecule has 0 aliphatic heterocycles. The van der Waals surface area contributed by atoms with Gasteiger partial charge in [-0.3, -0.25) is 0 Å². The summed E-state index contributed by atoms with van der Waals surface area (Å²) >= 11 is 0. The van der Waals surface area contributed by atoms with Crippen LogP contribution in [0.5, 0.6) is 5.75 Å². The topological polar surface area (TPSA) is 44.5 Å². The Labute approximate surface area is 117 Å². The maximum absolute atomic E-state index is 5.87. The molecular formula is C16H27NO2. The Morgan fingerprint density at radius 2 is 1.89 bits per heavy atom. The van der Waals surface area contributed by atoms with Gasteiger partial charge in [-0.05, 0) is 57.7 Å². The van der Waals surface area contributed by atoms with E-state index in [9.17, 15) is 0 Å². The van der Waals surface area contributed by atoms with Crippen molar-refractivity contribution in [1.29, 1.82) is 0 Å². The monoisotopic (exact) mass is 265 g/mol. The van der Waals surface area contributed by atoms with E-state index in [4.69, 9.17) is 15.2 Å². The molecule has 1 rings (SSSR count). The predicted octanol–water partition coefficient (Wildman–Crippen LogP) is 3.02. The van der Waals surface area contributed by atoms with Crippen molar-refractivity contribution in [2.75, 3.05) is 20.3 Å². The van der Waals surface area contributed by atoms with E-state index in [1.54, 1.807) is 7.11 Å². The zero-order chi connectivity index (χ0) is 14.3. The first kappa shape index (κ1) is 16.0. The average Bonchev–Trinajstić information content (AvgIpc) is 2.36. The van der Waals surface area contributed by atoms with Crippen LogP contribution < -0.4 is 10.5 Å². The van der Waals surface area contributed by atoms with E-state index in [-0.39, 0.29) is 5.60 Å². The Morgan fingerprint density at radius 1 is 1.21 bits per heavy atom. The SMILES string of the molecule is COc1ccccc1CC(CN)CCOC(C)(C)C. The Hall–Kier alpha value is -1.06. The summed E-state index contributed by atoms with van der Waals surface area (Å²) in [6.45, 7) is 7.64. The highest BCUT2D eigenvalue weighted by Crippen LogP contribution is 2.22. The van der Waals surface area contributed by atoms with Gasteiger partial charge in [0.25, 0.3) is 0 Å². The van der Waals surface area contributed by atoms with E-state index in [0.29, 0.717) is 12.5 Å². The molecule has 0 aliphatic rings. The molecule has 19 heavy (non-hydrogen) atoms. The molecule has 0 fully saturated rings. The highest BCUT2D eigenvalue weighted by atomic mass is 16.5. The van der Waals surface area contributed by atoms with E-state index in [1.165, 1.54) is 5.56 Å². The highest BCUT2D eigenvalue weighted by molar-refractivity contribution is 5.33. The van der Waals surface area contributed by atoms with Gasteiger partial charge in [-0.1, -0.05) is 18.2 Å². The number of benzene rings is 1. The lowest BCUT2D eigenvalue weighted by molar-refractivity contribution is -0.00888. The summed E-state index contributed by atoms with van der Waals surface area (Å²) in [5, 5.41) is 0. The number of methoxy groups -OCH3 is 1. The molecule has 0 aromatic heterocycles. The van der Waals surface area contributed by atoms with Gasteiger partial charge in [0.2, 0.25) is 0 Å². The number of ether oxygens (including phenoxy) is 2. The summed E-state index contributed by atoms with van der Waals surface area (Å²) in [4.78, 5) is 0. The third-order valence-corrected chi connectivity index (χ3v) is 3.10. The lowest BCUT2D eigenvalue weighted by Gasteiger charge is -2.22.